The Bertz CT molecular complexity index is 191. The molecule has 1 nitrogen and oxygen atoms in total. The van der Waals surface area contributed by atoms with E-state index in [4.69, 9.17) is 0 Å². The fourth-order valence-electron chi connectivity index (χ4n) is 2.12. The maximum atomic E-state index is 3.50. The fraction of sp³-hybridized carbons (Fsp3) is 0.846. The number of nitrogens with one attached hydrogen (secondary N) is 1. The van der Waals surface area contributed by atoms with Crippen LogP contribution in [-0.2, 0) is 0 Å². The molecule has 0 aliphatic heterocycles. The van der Waals surface area contributed by atoms with Crippen molar-refractivity contribution in [2.24, 2.45) is 11.8 Å². The van der Waals surface area contributed by atoms with Crippen LogP contribution in [0.2, 0.25) is 0 Å². The van der Waals surface area contributed by atoms with Gasteiger partial charge in [0.15, 0.2) is 0 Å². The zero-order chi connectivity index (χ0) is 10.2. The van der Waals surface area contributed by atoms with Crippen molar-refractivity contribution in [1.82, 2.24) is 5.32 Å². The minimum absolute atomic E-state index is 0.931. The van der Waals surface area contributed by atoms with Crippen LogP contribution in [0.15, 0.2) is 0 Å². The number of hydrogen-bond acceptors (Lipinski definition) is 1. The van der Waals surface area contributed by atoms with Gasteiger partial charge in [-0.1, -0.05) is 19.8 Å². The molecule has 14 heavy (non-hydrogen) atoms. The third kappa shape index (κ3) is 4.67. The standard InChI is InChI=1S/C13H23N/c1-3-4-5-10-14-11-13-8-6-12(2)7-9-13/h12-14H,5-11H2,1-2H3. The summed E-state index contributed by atoms with van der Waals surface area (Å²) in [5.74, 6) is 7.90. The molecule has 0 atom stereocenters. The second-order valence-corrected chi connectivity index (χ2v) is 4.51. The first-order valence-electron chi connectivity index (χ1n) is 5.93. The van der Waals surface area contributed by atoms with Crippen molar-refractivity contribution in [3.05, 3.63) is 0 Å². The van der Waals surface area contributed by atoms with E-state index >= 15 is 0 Å². The zero-order valence-electron chi connectivity index (χ0n) is 9.60. The van der Waals surface area contributed by atoms with E-state index in [-0.39, 0.29) is 0 Å². The van der Waals surface area contributed by atoms with Gasteiger partial charge in [0.1, 0.15) is 0 Å². The van der Waals surface area contributed by atoms with Crippen molar-refractivity contribution in [1.29, 1.82) is 0 Å². The van der Waals surface area contributed by atoms with Gasteiger partial charge >= 0.3 is 0 Å². The molecule has 0 bridgehead atoms. The van der Waals surface area contributed by atoms with Gasteiger partial charge in [-0.3, -0.25) is 0 Å². The van der Waals surface area contributed by atoms with Gasteiger partial charge in [0.2, 0.25) is 0 Å². The average Bonchev–Trinajstić information content (AvgIpc) is 2.21. The molecule has 1 N–H and O–H groups in total. The van der Waals surface area contributed by atoms with E-state index in [0.717, 1.165) is 24.8 Å². The highest BCUT2D eigenvalue weighted by molar-refractivity contribution is 4.95. The highest BCUT2D eigenvalue weighted by Gasteiger charge is 2.17. The van der Waals surface area contributed by atoms with Crippen molar-refractivity contribution >= 4 is 0 Å². The Kier molecular flexibility index (Phi) is 5.71. The van der Waals surface area contributed by atoms with E-state index in [1.165, 1.54) is 32.2 Å². The third-order valence-electron chi connectivity index (χ3n) is 3.17. The molecule has 1 fully saturated rings. The van der Waals surface area contributed by atoms with Crippen LogP contribution < -0.4 is 5.32 Å². The average molecular weight is 193 g/mol. The molecule has 0 aromatic rings. The number of hydrogen-bond donors (Lipinski definition) is 1. The van der Waals surface area contributed by atoms with Crippen molar-refractivity contribution in [2.75, 3.05) is 13.1 Å². The van der Waals surface area contributed by atoms with Crippen LogP contribution in [0.5, 0.6) is 0 Å². The maximum Gasteiger partial charge on any atom is 0.0214 e. The summed E-state index contributed by atoms with van der Waals surface area (Å²) in [6.07, 6.45) is 6.71. The van der Waals surface area contributed by atoms with Crippen LogP contribution in [0.25, 0.3) is 0 Å². The van der Waals surface area contributed by atoms with Crippen LogP contribution in [0.1, 0.15) is 46.0 Å². The Balaban J connectivity index is 1.98. The molecular formula is C13H23N. The van der Waals surface area contributed by atoms with Crippen molar-refractivity contribution in [2.45, 2.75) is 46.0 Å². The van der Waals surface area contributed by atoms with Crippen molar-refractivity contribution in [3.8, 4) is 11.8 Å². The summed E-state index contributed by atoms with van der Waals surface area (Å²) < 4.78 is 0. The van der Waals surface area contributed by atoms with Gasteiger partial charge in [0, 0.05) is 13.0 Å². The summed E-state index contributed by atoms with van der Waals surface area (Å²) in [7, 11) is 0. The first-order chi connectivity index (χ1) is 6.83. The molecule has 1 heteroatoms. The molecule has 1 aliphatic carbocycles. The molecule has 0 heterocycles. The van der Waals surface area contributed by atoms with E-state index in [1.54, 1.807) is 0 Å². The van der Waals surface area contributed by atoms with Crippen LogP contribution in [0, 0.1) is 23.7 Å². The van der Waals surface area contributed by atoms with Gasteiger partial charge in [-0.2, -0.15) is 0 Å². The van der Waals surface area contributed by atoms with Crippen molar-refractivity contribution in [3.63, 3.8) is 0 Å². The molecule has 1 aliphatic rings. The van der Waals surface area contributed by atoms with E-state index < -0.39 is 0 Å². The Morgan fingerprint density at radius 3 is 2.57 bits per heavy atom. The second-order valence-electron chi connectivity index (χ2n) is 4.51. The van der Waals surface area contributed by atoms with E-state index in [1.807, 2.05) is 6.92 Å². The van der Waals surface area contributed by atoms with E-state index in [0.29, 0.717) is 0 Å². The third-order valence-corrected chi connectivity index (χ3v) is 3.17. The molecule has 0 saturated heterocycles. The van der Waals surface area contributed by atoms with Gasteiger partial charge in [0.25, 0.3) is 0 Å². The summed E-state index contributed by atoms with van der Waals surface area (Å²) in [5, 5.41) is 3.50. The van der Waals surface area contributed by atoms with Crippen LogP contribution in [0.3, 0.4) is 0 Å². The Morgan fingerprint density at radius 2 is 1.93 bits per heavy atom. The Labute approximate surface area is 88.7 Å². The number of rotatable bonds is 4. The minimum atomic E-state index is 0.931. The van der Waals surface area contributed by atoms with Gasteiger partial charge in [0.05, 0.1) is 0 Å². The van der Waals surface area contributed by atoms with E-state index in [2.05, 4.69) is 24.1 Å². The monoisotopic (exact) mass is 193 g/mol. The Morgan fingerprint density at radius 1 is 1.21 bits per heavy atom. The highest BCUT2D eigenvalue weighted by atomic mass is 14.8. The molecule has 0 unspecified atom stereocenters. The smallest absolute Gasteiger partial charge is 0.0214 e. The molecular weight excluding hydrogens is 170 g/mol. The highest BCUT2D eigenvalue weighted by Crippen LogP contribution is 2.27. The predicted molar refractivity (Wildman–Crippen MR) is 62.1 cm³/mol. The fourth-order valence-corrected chi connectivity index (χ4v) is 2.12. The quantitative estimate of drug-likeness (QED) is 0.535. The van der Waals surface area contributed by atoms with Gasteiger partial charge in [-0.25, -0.2) is 0 Å². The topological polar surface area (TPSA) is 12.0 Å². The molecule has 80 valence electrons. The summed E-state index contributed by atoms with van der Waals surface area (Å²) in [6, 6.07) is 0. The molecule has 0 spiro atoms. The largest absolute Gasteiger partial charge is 0.316 e. The summed E-state index contributed by atoms with van der Waals surface area (Å²) in [6.45, 7) is 6.55. The molecule has 0 amide bonds. The van der Waals surface area contributed by atoms with E-state index in [9.17, 15) is 0 Å². The van der Waals surface area contributed by atoms with Crippen LogP contribution in [0.4, 0.5) is 0 Å². The molecule has 0 aromatic carbocycles. The maximum absolute atomic E-state index is 3.50. The zero-order valence-corrected chi connectivity index (χ0v) is 9.60. The lowest BCUT2D eigenvalue weighted by molar-refractivity contribution is 0.282. The van der Waals surface area contributed by atoms with Crippen LogP contribution >= 0.6 is 0 Å². The lowest BCUT2D eigenvalue weighted by Gasteiger charge is -2.26. The molecule has 1 rings (SSSR count). The van der Waals surface area contributed by atoms with Gasteiger partial charge < -0.3 is 5.32 Å². The summed E-state index contributed by atoms with van der Waals surface area (Å²) in [5.41, 5.74) is 0. The van der Waals surface area contributed by atoms with Crippen LogP contribution in [-0.4, -0.2) is 13.1 Å². The first-order valence-corrected chi connectivity index (χ1v) is 5.93. The second kappa shape index (κ2) is 6.90. The normalized spacial score (nSPS) is 26.7. The summed E-state index contributed by atoms with van der Waals surface area (Å²) >= 11 is 0. The molecule has 0 aromatic heterocycles. The summed E-state index contributed by atoms with van der Waals surface area (Å²) in [4.78, 5) is 0. The predicted octanol–water partition coefficient (Wildman–Crippen LogP) is 2.82. The SMILES string of the molecule is CC#CCCNCC1CCC(C)CC1. The van der Waals surface area contributed by atoms with Gasteiger partial charge in [-0.15, -0.1) is 11.8 Å². The van der Waals surface area contributed by atoms with Crippen molar-refractivity contribution < 1.29 is 0 Å². The lowest BCUT2D eigenvalue weighted by Crippen LogP contribution is -2.26. The molecule has 1 saturated carbocycles. The van der Waals surface area contributed by atoms with Gasteiger partial charge in [-0.05, 0) is 38.1 Å². The molecule has 0 radical (unpaired) electrons. The minimum Gasteiger partial charge on any atom is -0.316 e. The first kappa shape index (κ1) is 11.6. The Hall–Kier alpha value is -0.480. The lowest BCUT2D eigenvalue weighted by atomic mass is 9.83.